The van der Waals surface area contributed by atoms with Crippen LogP contribution in [0.2, 0.25) is 5.02 Å². The molecule has 2 rings (SSSR count). The second kappa shape index (κ2) is 6.29. The van der Waals surface area contributed by atoms with Crippen LogP contribution in [0.15, 0.2) is 30.3 Å². The maximum absolute atomic E-state index is 6.27. The largest absolute Gasteiger partial charge is 0.457 e. The molecule has 0 saturated heterocycles. The molecule has 2 aromatic rings. The lowest BCUT2D eigenvalue weighted by Crippen LogP contribution is -2.05. The molecule has 0 saturated carbocycles. The summed E-state index contributed by atoms with van der Waals surface area (Å²) in [6.45, 7) is 6.97. The average molecular weight is 290 g/mol. The number of rotatable bonds is 4. The smallest absolute Gasteiger partial charge is 0.133 e. The van der Waals surface area contributed by atoms with Gasteiger partial charge >= 0.3 is 0 Å². The van der Waals surface area contributed by atoms with E-state index in [1.807, 2.05) is 25.2 Å². The van der Waals surface area contributed by atoms with Crippen molar-refractivity contribution in [2.45, 2.75) is 27.3 Å². The van der Waals surface area contributed by atoms with Crippen LogP contribution in [0.5, 0.6) is 11.5 Å². The highest BCUT2D eigenvalue weighted by atomic mass is 35.5. The molecule has 0 fully saturated rings. The van der Waals surface area contributed by atoms with Gasteiger partial charge in [-0.3, -0.25) is 0 Å². The van der Waals surface area contributed by atoms with Gasteiger partial charge in [-0.1, -0.05) is 29.8 Å². The van der Waals surface area contributed by atoms with Gasteiger partial charge in [-0.25, -0.2) is 0 Å². The van der Waals surface area contributed by atoms with Crippen LogP contribution in [0.25, 0.3) is 0 Å². The highest BCUT2D eigenvalue weighted by Crippen LogP contribution is 2.32. The molecule has 0 aliphatic carbocycles. The maximum atomic E-state index is 6.27. The SMILES string of the molecule is CNCc1ccc(Oc2c(C)ccc(C)c2C)cc1Cl. The molecule has 1 N–H and O–H groups in total. The molecule has 0 amide bonds. The molecule has 2 aromatic carbocycles. The zero-order valence-electron chi connectivity index (χ0n) is 12.4. The van der Waals surface area contributed by atoms with E-state index in [0.717, 1.165) is 34.2 Å². The molecular formula is C17H20ClNO. The Morgan fingerprint density at radius 1 is 1.05 bits per heavy atom. The Labute approximate surface area is 125 Å². The van der Waals surface area contributed by atoms with Crippen molar-refractivity contribution in [2.75, 3.05) is 7.05 Å². The zero-order valence-corrected chi connectivity index (χ0v) is 13.1. The lowest BCUT2D eigenvalue weighted by Gasteiger charge is -2.14. The van der Waals surface area contributed by atoms with Crippen LogP contribution in [0, 0.1) is 20.8 Å². The summed E-state index contributed by atoms with van der Waals surface area (Å²) in [5.74, 6) is 1.69. The Morgan fingerprint density at radius 3 is 2.40 bits per heavy atom. The van der Waals surface area contributed by atoms with Gasteiger partial charge in [-0.2, -0.15) is 0 Å². The number of halogens is 1. The van der Waals surface area contributed by atoms with E-state index in [2.05, 4.69) is 38.2 Å². The van der Waals surface area contributed by atoms with Gasteiger partial charge in [0, 0.05) is 11.6 Å². The van der Waals surface area contributed by atoms with Crippen molar-refractivity contribution >= 4 is 11.6 Å². The van der Waals surface area contributed by atoms with Crippen molar-refractivity contribution in [3.05, 3.63) is 57.6 Å². The molecule has 0 aliphatic rings. The predicted octanol–water partition coefficient (Wildman–Crippen LogP) is 4.78. The van der Waals surface area contributed by atoms with Gasteiger partial charge in [-0.05, 0) is 62.2 Å². The molecule has 0 unspecified atom stereocenters. The van der Waals surface area contributed by atoms with Crippen LogP contribution in [0.4, 0.5) is 0 Å². The van der Waals surface area contributed by atoms with Crippen LogP contribution < -0.4 is 10.1 Å². The minimum absolute atomic E-state index is 0.722. The summed E-state index contributed by atoms with van der Waals surface area (Å²) in [6.07, 6.45) is 0. The summed E-state index contributed by atoms with van der Waals surface area (Å²) in [7, 11) is 1.90. The molecule has 3 heteroatoms. The van der Waals surface area contributed by atoms with E-state index in [4.69, 9.17) is 16.3 Å². The quantitative estimate of drug-likeness (QED) is 0.875. The maximum Gasteiger partial charge on any atom is 0.133 e. The second-order valence-electron chi connectivity index (χ2n) is 5.04. The predicted molar refractivity (Wildman–Crippen MR) is 84.9 cm³/mol. The molecule has 2 nitrogen and oxygen atoms in total. The van der Waals surface area contributed by atoms with E-state index < -0.39 is 0 Å². The molecule has 0 bridgehead atoms. The number of nitrogens with one attached hydrogen (secondary N) is 1. The van der Waals surface area contributed by atoms with Crippen molar-refractivity contribution in [1.82, 2.24) is 5.32 Å². The second-order valence-corrected chi connectivity index (χ2v) is 5.45. The molecule has 0 aromatic heterocycles. The zero-order chi connectivity index (χ0) is 14.7. The Kier molecular flexibility index (Phi) is 4.69. The van der Waals surface area contributed by atoms with Gasteiger partial charge < -0.3 is 10.1 Å². The number of hydrogen-bond donors (Lipinski definition) is 1. The van der Waals surface area contributed by atoms with E-state index in [1.54, 1.807) is 0 Å². The fourth-order valence-corrected chi connectivity index (χ4v) is 2.36. The van der Waals surface area contributed by atoms with Crippen molar-refractivity contribution in [2.24, 2.45) is 0 Å². The molecule has 0 spiro atoms. The molecule has 20 heavy (non-hydrogen) atoms. The third kappa shape index (κ3) is 3.14. The van der Waals surface area contributed by atoms with Crippen molar-refractivity contribution in [1.29, 1.82) is 0 Å². The molecule has 0 aliphatic heterocycles. The van der Waals surface area contributed by atoms with Crippen molar-refractivity contribution in [3.8, 4) is 11.5 Å². The minimum Gasteiger partial charge on any atom is -0.457 e. The highest BCUT2D eigenvalue weighted by Gasteiger charge is 2.09. The van der Waals surface area contributed by atoms with Crippen molar-refractivity contribution < 1.29 is 4.74 Å². The lowest BCUT2D eigenvalue weighted by molar-refractivity contribution is 0.474. The molecule has 0 atom stereocenters. The van der Waals surface area contributed by atoms with Crippen LogP contribution in [-0.4, -0.2) is 7.05 Å². The summed E-state index contributed by atoms with van der Waals surface area (Å²) in [6, 6.07) is 10.0. The summed E-state index contributed by atoms with van der Waals surface area (Å²) < 4.78 is 6.03. The molecule has 106 valence electrons. The van der Waals surface area contributed by atoms with Gasteiger partial charge in [0.15, 0.2) is 0 Å². The Balaban J connectivity index is 2.31. The summed E-state index contributed by atoms with van der Waals surface area (Å²) in [5, 5.41) is 3.82. The highest BCUT2D eigenvalue weighted by molar-refractivity contribution is 6.31. The lowest BCUT2D eigenvalue weighted by atomic mass is 10.1. The minimum atomic E-state index is 0.722. The topological polar surface area (TPSA) is 21.3 Å². The first-order valence-electron chi connectivity index (χ1n) is 6.70. The Hall–Kier alpha value is -1.51. The first-order valence-corrected chi connectivity index (χ1v) is 7.08. The monoisotopic (exact) mass is 289 g/mol. The van der Waals surface area contributed by atoms with E-state index in [0.29, 0.717) is 0 Å². The van der Waals surface area contributed by atoms with E-state index in [-0.39, 0.29) is 0 Å². The number of benzene rings is 2. The van der Waals surface area contributed by atoms with Crippen LogP contribution in [-0.2, 0) is 6.54 Å². The Morgan fingerprint density at radius 2 is 1.75 bits per heavy atom. The van der Waals surface area contributed by atoms with E-state index >= 15 is 0 Å². The standard InChI is InChI=1S/C17H20ClNO/c1-11-5-6-12(2)17(13(11)3)20-15-8-7-14(10-19-4)16(18)9-15/h5-9,19H,10H2,1-4H3. The first-order chi connectivity index (χ1) is 9.52. The van der Waals surface area contributed by atoms with Gasteiger partial charge in [-0.15, -0.1) is 0 Å². The van der Waals surface area contributed by atoms with Crippen molar-refractivity contribution in [3.63, 3.8) is 0 Å². The van der Waals surface area contributed by atoms with Crippen LogP contribution in [0.1, 0.15) is 22.3 Å². The third-order valence-electron chi connectivity index (χ3n) is 3.49. The van der Waals surface area contributed by atoms with E-state index in [1.165, 1.54) is 11.1 Å². The fraction of sp³-hybridized carbons (Fsp3) is 0.294. The van der Waals surface area contributed by atoms with Gasteiger partial charge in [0.05, 0.1) is 0 Å². The molecule has 0 heterocycles. The molecular weight excluding hydrogens is 270 g/mol. The van der Waals surface area contributed by atoms with E-state index in [9.17, 15) is 0 Å². The third-order valence-corrected chi connectivity index (χ3v) is 3.84. The van der Waals surface area contributed by atoms with Crippen LogP contribution >= 0.6 is 11.6 Å². The average Bonchev–Trinajstić information content (AvgIpc) is 2.42. The number of hydrogen-bond acceptors (Lipinski definition) is 2. The summed E-state index contributed by atoms with van der Waals surface area (Å²) in [4.78, 5) is 0. The van der Waals surface area contributed by atoms with Gasteiger partial charge in [0.2, 0.25) is 0 Å². The number of aryl methyl sites for hydroxylation is 2. The van der Waals surface area contributed by atoms with Gasteiger partial charge in [0.1, 0.15) is 11.5 Å². The molecule has 0 radical (unpaired) electrons. The number of ether oxygens (including phenoxy) is 1. The fourth-order valence-electron chi connectivity index (χ4n) is 2.13. The van der Waals surface area contributed by atoms with Gasteiger partial charge in [0.25, 0.3) is 0 Å². The van der Waals surface area contributed by atoms with Crippen LogP contribution in [0.3, 0.4) is 0 Å². The summed E-state index contributed by atoms with van der Waals surface area (Å²) in [5.41, 5.74) is 4.59. The first kappa shape index (κ1) is 14.9. The summed E-state index contributed by atoms with van der Waals surface area (Å²) >= 11 is 6.27. The normalized spacial score (nSPS) is 10.7. The Bertz CT molecular complexity index is 623.